The Balaban J connectivity index is 2.20. The summed E-state index contributed by atoms with van der Waals surface area (Å²) in [5.41, 5.74) is 0.923. The fraction of sp³-hybridized carbons (Fsp3) is 0.167. The van der Waals surface area contributed by atoms with Gasteiger partial charge >= 0.3 is 0 Å². The van der Waals surface area contributed by atoms with E-state index >= 15 is 0 Å². The zero-order valence-corrected chi connectivity index (χ0v) is 12.1. The van der Waals surface area contributed by atoms with E-state index in [-0.39, 0.29) is 0 Å². The number of benzene rings is 1. The Morgan fingerprint density at radius 3 is 2.88 bits per heavy atom. The number of halogens is 2. The molecule has 0 spiro atoms. The van der Waals surface area contributed by atoms with Crippen LogP contribution in [0.3, 0.4) is 0 Å². The molecule has 1 N–H and O–H groups in total. The number of rotatable bonds is 3. The normalized spacial score (nSPS) is 12.7. The summed E-state index contributed by atoms with van der Waals surface area (Å²) in [5.74, 6) is 0.795. The molecule has 0 saturated heterocycles. The molecule has 1 heterocycles. The molecule has 0 fully saturated rings. The second-order valence-corrected chi connectivity index (χ2v) is 5.54. The van der Waals surface area contributed by atoms with Gasteiger partial charge in [-0.15, -0.1) is 0 Å². The zero-order valence-electron chi connectivity index (χ0n) is 8.36. The summed E-state index contributed by atoms with van der Waals surface area (Å²) in [4.78, 5) is 0. The fourth-order valence-electron chi connectivity index (χ4n) is 1.50. The van der Waals surface area contributed by atoms with E-state index in [9.17, 15) is 5.11 Å². The Hall–Kier alpha value is -0.330. The molecule has 4 heteroatoms. The summed E-state index contributed by atoms with van der Waals surface area (Å²) in [6.07, 6.45) is 1.59. The summed E-state index contributed by atoms with van der Waals surface area (Å²) in [7, 11) is 0. The van der Waals surface area contributed by atoms with Gasteiger partial charge < -0.3 is 9.52 Å². The maximum absolute atomic E-state index is 10.1. The van der Waals surface area contributed by atoms with E-state index in [1.165, 1.54) is 0 Å². The van der Waals surface area contributed by atoms with E-state index in [4.69, 9.17) is 4.42 Å². The van der Waals surface area contributed by atoms with Crippen LogP contribution >= 0.6 is 38.5 Å². The predicted octanol–water partition coefficient (Wildman–Crippen LogP) is 3.92. The van der Waals surface area contributed by atoms with Crippen molar-refractivity contribution >= 4 is 38.5 Å². The Morgan fingerprint density at radius 1 is 1.38 bits per heavy atom. The Bertz CT molecular complexity index is 468. The van der Waals surface area contributed by atoms with E-state index in [0.29, 0.717) is 6.42 Å². The van der Waals surface area contributed by atoms with Crippen molar-refractivity contribution in [3.63, 3.8) is 0 Å². The van der Waals surface area contributed by atoms with Crippen LogP contribution in [0.25, 0.3) is 0 Å². The fourth-order valence-corrected chi connectivity index (χ4v) is 2.57. The third-order valence-electron chi connectivity index (χ3n) is 2.29. The smallest absolute Gasteiger partial charge is 0.106 e. The molecule has 2 aromatic rings. The maximum atomic E-state index is 10.1. The van der Waals surface area contributed by atoms with Crippen molar-refractivity contribution in [3.05, 3.63) is 56.0 Å². The average Bonchev–Trinajstić information content (AvgIpc) is 2.74. The SMILES string of the molecule is OC(Cc1ccco1)c1cc(Br)ccc1I. The second-order valence-electron chi connectivity index (χ2n) is 3.47. The molecule has 1 aromatic carbocycles. The highest BCUT2D eigenvalue weighted by molar-refractivity contribution is 14.1. The molecule has 16 heavy (non-hydrogen) atoms. The summed E-state index contributed by atoms with van der Waals surface area (Å²) >= 11 is 5.63. The van der Waals surface area contributed by atoms with Crippen molar-refractivity contribution in [1.82, 2.24) is 0 Å². The van der Waals surface area contributed by atoms with Crippen molar-refractivity contribution in [2.24, 2.45) is 0 Å². The van der Waals surface area contributed by atoms with Crippen molar-refractivity contribution in [1.29, 1.82) is 0 Å². The summed E-state index contributed by atoms with van der Waals surface area (Å²) in [5, 5.41) is 10.1. The van der Waals surface area contributed by atoms with Crippen molar-refractivity contribution in [3.8, 4) is 0 Å². The average molecular weight is 393 g/mol. The van der Waals surface area contributed by atoms with Crippen molar-refractivity contribution in [2.45, 2.75) is 12.5 Å². The Morgan fingerprint density at radius 2 is 2.19 bits per heavy atom. The minimum atomic E-state index is -0.532. The molecule has 0 amide bonds. The molecule has 1 aromatic heterocycles. The molecule has 2 nitrogen and oxygen atoms in total. The lowest BCUT2D eigenvalue weighted by Gasteiger charge is -2.11. The molecule has 1 atom stereocenters. The van der Waals surface area contributed by atoms with Crippen molar-refractivity contribution in [2.75, 3.05) is 0 Å². The molecule has 0 saturated carbocycles. The van der Waals surface area contributed by atoms with Gasteiger partial charge in [0, 0.05) is 14.5 Å². The van der Waals surface area contributed by atoms with Crippen LogP contribution in [-0.4, -0.2) is 5.11 Å². The third-order valence-corrected chi connectivity index (χ3v) is 3.77. The number of aliphatic hydroxyl groups is 1. The van der Waals surface area contributed by atoms with Gasteiger partial charge in [0.15, 0.2) is 0 Å². The van der Waals surface area contributed by atoms with Gasteiger partial charge in [-0.1, -0.05) is 15.9 Å². The first-order valence-electron chi connectivity index (χ1n) is 4.82. The predicted molar refractivity (Wildman–Crippen MR) is 74.2 cm³/mol. The molecule has 2 rings (SSSR count). The zero-order chi connectivity index (χ0) is 11.5. The first-order valence-corrected chi connectivity index (χ1v) is 6.69. The van der Waals surface area contributed by atoms with Crippen LogP contribution in [0.15, 0.2) is 45.5 Å². The topological polar surface area (TPSA) is 33.4 Å². The first kappa shape index (κ1) is 12.1. The highest BCUT2D eigenvalue weighted by Crippen LogP contribution is 2.26. The van der Waals surface area contributed by atoms with Crippen LogP contribution in [0, 0.1) is 3.57 Å². The minimum absolute atomic E-state index is 0.499. The van der Waals surface area contributed by atoms with Crippen LogP contribution in [0.2, 0.25) is 0 Å². The molecule has 0 aliphatic carbocycles. The lowest BCUT2D eigenvalue weighted by atomic mass is 10.1. The van der Waals surface area contributed by atoms with Gasteiger partial charge in [-0.2, -0.15) is 0 Å². The van der Waals surface area contributed by atoms with Gasteiger partial charge in [0.05, 0.1) is 12.4 Å². The van der Waals surface area contributed by atoms with E-state index in [0.717, 1.165) is 19.4 Å². The summed E-state index contributed by atoms with van der Waals surface area (Å²) < 4.78 is 7.25. The Labute approximate surface area is 116 Å². The van der Waals surface area contributed by atoms with Gasteiger partial charge in [0.25, 0.3) is 0 Å². The monoisotopic (exact) mass is 392 g/mol. The number of furan rings is 1. The molecular formula is C12H10BrIO2. The van der Waals surface area contributed by atoms with E-state index < -0.39 is 6.10 Å². The molecule has 0 aliphatic rings. The van der Waals surface area contributed by atoms with E-state index in [2.05, 4.69) is 38.5 Å². The molecular weight excluding hydrogens is 383 g/mol. The van der Waals surface area contributed by atoms with E-state index in [1.807, 2.05) is 30.3 Å². The minimum Gasteiger partial charge on any atom is -0.469 e. The largest absolute Gasteiger partial charge is 0.469 e. The standard InChI is InChI=1S/C12H10BrIO2/c13-8-3-4-11(14)10(6-8)12(15)7-9-2-1-5-16-9/h1-6,12,15H,7H2. The van der Waals surface area contributed by atoms with Crippen LogP contribution in [0.4, 0.5) is 0 Å². The lowest BCUT2D eigenvalue weighted by molar-refractivity contribution is 0.169. The van der Waals surface area contributed by atoms with Crippen LogP contribution < -0.4 is 0 Å². The number of hydrogen-bond acceptors (Lipinski definition) is 2. The van der Waals surface area contributed by atoms with Crippen LogP contribution in [0.5, 0.6) is 0 Å². The highest BCUT2D eigenvalue weighted by Gasteiger charge is 2.13. The van der Waals surface area contributed by atoms with Crippen molar-refractivity contribution < 1.29 is 9.52 Å². The van der Waals surface area contributed by atoms with Gasteiger partial charge in [-0.3, -0.25) is 0 Å². The Kier molecular flexibility index (Phi) is 4.05. The lowest BCUT2D eigenvalue weighted by Crippen LogP contribution is -2.03. The van der Waals surface area contributed by atoms with Gasteiger partial charge in [0.2, 0.25) is 0 Å². The van der Waals surface area contributed by atoms with Gasteiger partial charge in [-0.05, 0) is 58.5 Å². The summed E-state index contributed by atoms with van der Waals surface area (Å²) in [6, 6.07) is 9.58. The molecule has 0 aliphatic heterocycles. The quantitative estimate of drug-likeness (QED) is 0.803. The third kappa shape index (κ3) is 2.87. The van der Waals surface area contributed by atoms with Gasteiger partial charge in [-0.25, -0.2) is 0 Å². The summed E-state index contributed by atoms with van der Waals surface area (Å²) in [6.45, 7) is 0. The van der Waals surface area contributed by atoms with Crippen LogP contribution in [0.1, 0.15) is 17.4 Å². The molecule has 1 unspecified atom stereocenters. The first-order chi connectivity index (χ1) is 7.66. The maximum Gasteiger partial charge on any atom is 0.106 e. The molecule has 0 radical (unpaired) electrons. The number of aliphatic hydroxyl groups excluding tert-OH is 1. The second kappa shape index (κ2) is 5.33. The molecule has 84 valence electrons. The number of hydrogen-bond donors (Lipinski definition) is 1. The molecule has 0 bridgehead atoms. The van der Waals surface area contributed by atoms with Crippen LogP contribution in [-0.2, 0) is 6.42 Å². The van der Waals surface area contributed by atoms with E-state index in [1.54, 1.807) is 6.26 Å². The highest BCUT2D eigenvalue weighted by atomic mass is 127. The van der Waals surface area contributed by atoms with Gasteiger partial charge in [0.1, 0.15) is 5.76 Å².